The first-order valence-electron chi connectivity index (χ1n) is 6.09. The number of methoxy groups -OCH3 is 1. The third-order valence-corrected chi connectivity index (χ3v) is 3.05. The summed E-state index contributed by atoms with van der Waals surface area (Å²) in [6, 6.07) is 2.09. The molecule has 0 saturated carbocycles. The van der Waals surface area contributed by atoms with Crippen LogP contribution < -0.4 is 9.64 Å². The molecule has 1 fully saturated rings. The molecule has 2 heterocycles. The van der Waals surface area contributed by atoms with Gasteiger partial charge in [-0.25, -0.2) is 4.98 Å². The molecule has 0 radical (unpaired) electrons. The lowest BCUT2D eigenvalue weighted by atomic mass is 10.1. The van der Waals surface area contributed by atoms with E-state index >= 15 is 0 Å². The fraction of sp³-hybridized carbons (Fsp3) is 0.615. The number of nitrogens with zero attached hydrogens (tertiary/aromatic N) is 2. The van der Waals surface area contributed by atoms with Crippen LogP contribution in [-0.4, -0.2) is 38.4 Å². The molecular weight excluding hydrogens is 216 g/mol. The molecule has 0 bridgehead atoms. The highest BCUT2D eigenvalue weighted by molar-refractivity contribution is 5.54. The van der Waals surface area contributed by atoms with Gasteiger partial charge in [0.15, 0.2) is 11.6 Å². The number of ether oxygens (including phenoxy) is 2. The number of anilines is 1. The van der Waals surface area contributed by atoms with Crippen LogP contribution in [0.3, 0.4) is 0 Å². The van der Waals surface area contributed by atoms with Crippen LogP contribution in [0.2, 0.25) is 0 Å². The second-order valence-electron chi connectivity index (χ2n) is 4.55. The van der Waals surface area contributed by atoms with Crippen molar-refractivity contribution >= 4 is 5.82 Å². The number of aromatic nitrogens is 1. The van der Waals surface area contributed by atoms with Gasteiger partial charge >= 0.3 is 0 Å². The number of morpholine rings is 1. The molecule has 0 N–H and O–H groups in total. The van der Waals surface area contributed by atoms with E-state index in [2.05, 4.69) is 29.8 Å². The first kappa shape index (κ1) is 12.2. The van der Waals surface area contributed by atoms with E-state index in [0.29, 0.717) is 5.92 Å². The molecule has 0 unspecified atom stereocenters. The van der Waals surface area contributed by atoms with Crippen molar-refractivity contribution in [3.63, 3.8) is 0 Å². The maximum atomic E-state index is 5.44. The van der Waals surface area contributed by atoms with Gasteiger partial charge < -0.3 is 14.4 Å². The van der Waals surface area contributed by atoms with Crippen molar-refractivity contribution < 1.29 is 9.47 Å². The number of pyridine rings is 1. The summed E-state index contributed by atoms with van der Waals surface area (Å²) >= 11 is 0. The SMILES string of the molecule is COc1cc(C(C)C)cnc1N1CCOCC1. The highest BCUT2D eigenvalue weighted by atomic mass is 16.5. The van der Waals surface area contributed by atoms with Crippen LogP contribution >= 0.6 is 0 Å². The number of rotatable bonds is 3. The molecule has 1 aliphatic rings. The lowest BCUT2D eigenvalue weighted by Crippen LogP contribution is -2.37. The number of hydrogen-bond donors (Lipinski definition) is 0. The Labute approximate surface area is 103 Å². The molecule has 1 aromatic rings. The smallest absolute Gasteiger partial charge is 0.171 e. The highest BCUT2D eigenvalue weighted by Crippen LogP contribution is 2.29. The molecule has 17 heavy (non-hydrogen) atoms. The van der Waals surface area contributed by atoms with Gasteiger partial charge in [0.2, 0.25) is 0 Å². The Balaban J connectivity index is 2.26. The van der Waals surface area contributed by atoms with E-state index in [1.54, 1.807) is 7.11 Å². The van der Waals surface area contributed by atoms with Gasteiger partial charge in [0.25, 0.3) is 0 Å². The molecule has 1 aliphatic heterocycles. The molecule has 1 aromatic heterocycles. The molecule has 0 aliphatic carbocycles. The third kappa shape index (κ3) is 2.69. The topological polar surface area (TPSA) is 34.6 Å². The maximum Gasteiger partial charge on any atom is 0.171 e. The zero-order valence-corrected chi connectivity index (χ0v) is 10.8. The van der Waals surface area contributed by atoms with Gasteiger partial charge in [-0.05, 0) is 17.5 Å². The van der Waals surface area contributed by atoms with Gasteiger partial charge in [0.1, 0.15) is 0 Å². The van der Waals surface area contributed by atoms with Crippen LogP contribution in [0.4, 0.5) is 5.82 Å². The lowest BCUT2D eigenvalue weighted by molar-refractivity contribution is 0.122. The second-order valence-corrected chi connectivity index (χ2v) is 4.55. The minimum absolute atomic E-state index is 0.468. The normalized spacial score (nSPS) is 16.4. The summed E-state index contributed by atoms with van der Waals surface area (Å²) in [5.74, 6) is 2.26. The van der Waals surface area contributed by atoms with E-state index in [1.807, 2.05) is 6.20 Å². The van der Waals surface area contributed by atoms with Gasteiger partial charge in [0, 0.05) is 19.3 Å². The van der Waals surface area contributed by atoms with Crippen molar-refractivity contribution in [2.45, 2.75) is 19.8 Å². The minimum atomic E-state index is 0.468. The molecular formula is C13H20N2O2. The standard InChI is InChI=1S/C13H20N2O2/c1-10(2)11-8-12(16-3)13(14-9-11)15-4-6-17-7-5-15/h8-10H,4-7H2,1-3H3. The Bertz CT molecular complexity index is 374. The summed E-state index contributed by atoms with van der Waals surface area (Å²) in [7, 11) is 1.70. The van der Waals surface area contributed by atoms with Crippen molar-refractivity contribution in [3.8, 4) is 5.75 Å². The van der Waals surface area contributed by atoms with Crippen LogP contribution in [0.25, 0.3) is 0 Å². The Morgan fingerprint density at radius 3 is 2.65 bits per heavy atom. The van der Waals surface area contributed by atoms with E-state index < -0.39 is 0 Å². The summed E-state index contributed by atoms with van der Waals surface area (Å²) < 4.78 is 10.8. The summed E-state index contributed by atoms with van der Waals surface area (Å²) in [6.45, 7) is 7.60. The Kier molecular flexibility index (Phi) is 3.84. The average molecular weight is 236 g/mol. The van der Waals surface area contributed by atoms with Gasteiger partial charge in [-0.2, -0.15) is 0 Å². The van der Waals surface area contributed by atoms with Crippen LogP contribution in [0, 0.1) is 0 Å². The van der Waals surface area contributed by atoms with Gasteiger partial charge in [-0.15, -0.1) is 0 Å². The molecule has 0 spiro atoms. The quantitative estimate of drug-likeness (QED) is 0.804. The minimum Gasteiger partial charge on any atom is -0.493 e. The molecule has 1 saturated heterocycles. The van der Waals surface area contributed by atoms with E-state index in [-0.39, 0.29) is 0 Å². The van der Waals surface area contributed by atoms with Crippen LogP contribution in [0.5, 0.6) is 5.75 Å². The molecule has 0 atom stereocenters. The fourth-order valence-electron chi connectivity index (χ4n) is 1.93. The second kappa shape index (κ2) is 5.36. The summed E-state index contributed by atoms with van der Waals surface area (Å²) in [6.07, 6.45) is 1.94. The zero-order valence-electron chi connectivity index (χ0n) is 10.8. The van der Waals surface area contributed by atoms with Gasteiger partial charge in [0.05, 0.1) is 20.3 Å². The molecule has 94 valence electrons. The third-order valence-electron chi connectivity index (χ3n) is 3.05. The molecule has 4 heteroatoms. The monoisotopic (exact) mass is 236 g/mol. The van der Waals surface area contributed by atoms with Crippen molar-refractivity contribution in [2.24, 2.45) is 0 Å². The molecule has 0 amide bonds. The van der Waals surface area contributed by atoms with E-state index in [0.717, 1.165) is 37.9 Å². The first-order chi connectivity index (χ1) is 8.22. The molecule has 4 nitrogen and oxygen atoms in total. The van der Waals surface area contributed by atoms with Crippen molar-refractivity contribution in [1.29, 1.82) is 0 Å². The average Bonchev–Trinajstić information content (AvgIpc) is 2.39. The predicted molar refractivity (Wildman–Crippen MR) is 67.9 cm³/mol. The van der Waals surface area contributed by atoms with Crippen LogP contribution in [0.1, 0.15) is 25.3 Å². The fourth-order valence-corrected chi connectivity index (χ4v) is 1.93. The summed E-state index contributed by atoms with van der Waals surface area (Å²) in [5.41, 5.74) is 1.21. The van der Waals surface area contributed by atoms with Crippen LogP contribution in [0.15, 0.2) is 12.3 Å². The lowest BCUT2D eigenvalue weighted by Gasteiger charge is -2.29. The van der Waals surface area contributed by atoms with Crippen molar-refractivity contribution in [2.75, 3.05) is 38.3 Å². The first-order valence-corrected chi connectivity index (χ1v) is 6.09. The van der Waals surface area contributed by atoms with Crippen LogP contribution in [-0.2, 0) is 4.74 Å². The Morgan fingerprint density at radius 2 is 2.06 bits per heavy atom. The van der Waals surface area contributed by atoms with Crippen molar-refractivity contribution in [3.05, 3.63) is 17.8 Å². The summed E-state index contributed by atoms with van der Waals surface area (Å²) in [5, 5.41) is 0. The van der Waals surface area contributed by atoms with Gasteiger partial charge in [-0.1, -0.05) is 13.8 Å². The summed E-state index contributed by atoms with van der Waals surface area (Å²) in [4.78, 5) is 6.75. The maximum absolute atomic E-state index is 5.44. The van der Waals surface area contributed by atoms with Crippen molar-refractivity contribution in [1.82, 2.24) is 4.98 Å². The zero-order chi connectivity index (χ0) is 12.3. The van der Waals surface area contributed by atoms with E-state index in [1.165, 1.54) is 5.56 Å². The predicted octanol–water partition coefficient (Wildman–Crippen LogP) is 2.05. The Hall–Kier alpha value is -1.29. The van der Waals surface area contributed by atoms with E-state index in [9.17, 15) is 0 Å². The van der Waals surface area contributed by atoms with Gasteiger partial charge in [-0.3, -0.25) is 0 Å². The Morgan fingerprint density at radius 1 is 1.35 bits per heavy atom. The highest BCUT2D eigenvalue weighted by Gasteiger charge is 2.17. The largest absolute Gasteiger partial charge is 0.493 e. The van der Waals surface area contributed by atoms with E-state index in [4.69, 9.17) is 9.47 Å². The number of hydrogen-bond acceptors (Lipinski definition) is 4. The molecule has 0 aromatic carbocycles. The molecule has 2 rings (SSSR count).